The van der Waals surface area contributed by atoms with Crippen molar-refractivity contribution in [2.45, 2.75) is 39.3 Å². The number of ether oxygens (including phenoxy) is 1. The molecule has 3 rings (SSSR count). The molecule has 23 heavy (non-hydrogen) atoms. The number of amides is 1. The molecule has 5 nitrogen and oxygen atoms in total. The summed E-state index contributed by atoms with van der Waals surface area (Å²) in [5.41, 5.74) is 4.16. The van der Waals surface area contributed by atoms with Crippen LogP contribution in [0.2, 0.25) is 0 Å². The van der Waals surface area contributed by atoms with E-state index in [2.05, 4.69) is 5.10 Å². The number of hydrogen-bond acceptors (Lipinski definition) is 3. The van der Waals surface area contributed by atoms with Gasteiger partial charge in [-0.3, -0.25) is 4.79 Å². The van der Waals surface area contributed by atoms with E-state index in [1.807, 2.05) is 55.9 Å². The number of hydrogen-bond donors (Lipinski definition) is 0. The van der Waals surface area contributed by atoms with E-state index in [-0.39, 0.29) is 12.0 Å². The van der Waals surface area contributed by atoms with Crippen molar-refractivity contribution in [3.05, 3.63) is 47.3 Å². The monoisotopic (exact) mass is 313 g/mol. The number of carbonyl (C=O) groups excluding carboxylic acids is 1. The van der Waals surface area contributed by atoms with Crippen LogP contribution >= 0.6 is 0 Å². The van der Waals surface area contributed by atoms with E-state index >= 15 is 0 Å². The van der Waals surface area contributed by atoms with Gasteiger partial charge in [0.25, 0.3) is 5.91 Å². The fourth-order valence-corrected chi connectivity index (χ4v) is 3.06. The number of benzene rings is 1. The van der Waals surface area contributed by atoms with Gasteiger partial charge < -0.3 is 9.64 Å². The summed E-state index contributed by atoms with van der Waals surface area (Å²) in [6.45, 7) is 5.29. The van der Waals surface area contributed by atoms with E-state index in [1.54, 1.807) is 4.90 Å². The predicted octanol–water partition coefficient (Wildman–Crippen LogP) is 2.63. The largest absolute Gasteiger partial charge is 0.368 e. The summed E-state index contributed by atoms with van der Waals surface area (Å²) in [5.74, 6) is 0.0637. The van der Waals surface area contributed by atoms with Gasteiger partial charge in [0.2, 0.25) is 0 Å². The smallest absolute Gasteiger partial charge is 0.251 e. The Kier molecular flexibility index (Phi) is 4.48. The maximum absolute atomic E-state index is 12.4. The van der Waals surface area contributed by atoms with E-state index in [4.69, 9.17) is 4.74 Å². The molecule has 0 N–H and O–H groups in total. The van der Waals surface area contributed by atoms with Crippen molar-refractivity contribution >= 4 is 5.91 Å². The second kappa shape index (κ2) is 6.54. The average Bonchev–Trinajstić information content (AvgIpc) is 3.19. The molecule has 1 aliphatic rings. The minimum absolute atomic E-state index is 0.0637. The van der Waals surface area contributed by atoms with Gasteiger partial charge in [-0.15, -0.1) is 0 Å². The number of nitrogens with zero attached hydrogens (tertiary/aromatic N) is 3. The summed E-state index contributed by atoms with van der Waals surface area (Å²) in [5, 5.41) is 4.64. The van der Waals surface area contributed by atoms with Crippen molar-refractivity contribution in [3.63, 3.8) is 0 Å². The molecule has 1 aromatic heterocycles. The van der Waals surface area contributed by atoms with Crippen molar-refractivity contribution in [2.75, 3.05) is 13.7 Å². The standard InChI is InChI=1S/C18H23N3O2/c1-13-16(12-20(3)18(22)17-10-7-11-23-17)14(2)21(19-13)15-8-5-4-6-9-15/h4-6,8-9,17H,7,10-12H2,1-3H3. The van der Waals surface area contributed by atoms with Gasteiger partial charge in [0.1, 0.15) is 6.10 Å². The van der Waals surface area contributed by atoms with Crippen molar-refractivity contribution in [1.29, 1.82) is 0 Å². The van der Waals surface area contributed by atoms with Gasteiger partial charge in [-0.1, -0.05) is 18.2 Å². The molecule has 1 saturated heterocycles. The Bertz CT molecular complexity index is 688. The van der Waals surface area contributed by atoms with E-state index < -0.39 is 0 Å². The van der Waals surface area contributed by atoms with Crippen molar-refractivity contribution in [1.82, 2.24) is 14.7 Å². The lowest BCUT2D eigenvalue weighted by atomic mass is 10.1. The first-order valence-electron chi connectivity index (χ1n) is 8.05. The summed E-state index contributed by atoms with van der Waals surface area (Å²) < 4.78 is 7.44. The third kappa shape index (κ3) is 3.15. The molecule has 2 aromatic rings. The summed E-state index contributed by atoms with van der Waals surface area (Å²) >= 11 is 0. The molecule has 1 fully saturated rings. The molecule has 2 heterocycles. The molecule has 1 unspecified atom stereocenters. The Morgan fingerprint density at radius 1 is 1.35 bits per heavy atom. The van der Waals surface area contributed by atoms with Gasteiger partial charge in [-0.2, -0.15) is 5.10 Å². The van der Waals surface area contributed by atoms with Gasteiger partial charge in [0, 0.05) is 31.5 Å². The second-order valence-electron chi connectivity index (χ2n) is 6.09. The zero-order valence-corrected chi connectivity index (χ0v) is 14.0. The third-order valence-electron chi connectivity index (χ3n) is 4.42. The maximum Gasteiger partial charge on any atom is 0.251 e. The van der Waals surface area contributed by atoms with E-state index in [0.717, 1.165) is 35.5 Å². The molecule has 0 bridgehead atoms. The first-order valence-corrected chi connectivity index (χ1v) is 8.05. The summed E-state index contributed by atoms with van der Waals surface area (Å²) in [7, 11) is 1.84. The highest BCUT2D eigenvalue weighted by Crippen LogP contribution is 2.21. The second-order valence-corrected chi connectivity index (χ2v) is 6.09. The van der Waals surface area contributed by atoms with Crippen LogP contribution in [0.5, 0.6) is 0 Å². The normalized spacial score (nSPS) is 17.4. The number of carbonyl (C=O) groups is 1. The highest BCUT2D eigenvalue weighted by Gasteiger charge is 2.27. The van der Waals surface area contributed by atoms with Crippen molar-refractivity contribution in [2.24, 2.45) is 0 Å². The van der Waals surface area contributed by atoms with Gasteiger partial charge in [0.15, 0.2) is 0 Å². The van der Waals surface area contributed by atoms with E-state index in [0.29, 0.717) is 13.2 Å². The lowest BCUT2D eigenvalue weighted by molar-refractivity contribution is -0.140. The molecule has 0 spiro atoms. The van der Waals surface area contributed by atoms with E-state index in [1.165, 1.54) is 0 Å². The molecule has 0 radical (unpaired) electrons. The molecular formula is C18H23N3O2. The zero-order chi connectivity index (χ0) is 16.4. The Labute approximate surface area is 136 Å². The Hall–Kier alpha value is -2.14. The van der Waals surface area contributed by atoms with Gasteiger partial charge in [0.05, 0.1) is 11.4 Å². The third-order valence-corrected chi connectivity index (χ3v) is 4.42. The summed E-state index contributed by atoms with van der Waals surface area (Å²) in [4.78, 5) is 14.2. The summed E-state index contributed by atoms with van der Waals surface area (Å²) in [6.07, 6.45) is 1.52. The number of likely N-dealkylation sites (N-methyl/N-ethyl adjacent to an activating group) is 1. The van der Waals surface area contributed by atoms with Crippen LogP contribution in [-0.4, -0.2) is 40.3 Å². The molecule has 1 atom stereocenters. The van der Waals surface area contributed by atoms with Gasteiger partial charge in [-0.25, -0.2) is 4.68 Å². The quantitative estimate of drug-likeness (QED) is 0.872. The zero-order valence-electron chi connectivity index (χ0n) is 14.0. The highest BCUT2D eigenvalue weighted by atomic mass is 16.5. The van der Waals surface area contributed by atoms with Crippen LogP contribution < -0.4 is 0 Å². The van der Waals surface area contributed by atoms with Crippen molar-refractivity contribution in [3.8, 4) is 5.69 Å². The fourth-order valence-electron chi connectivity index (χ4n) is 3.06. The molecular weight excluding hydrogens is 290 g/mol. The molecule has 122 valence electrons. The summed E-state index contributed by atoms with van der Waals surface area (Å²) in [6, 6.07) is 10.1. The van der Waals surface area contributed by atoms with Crippen LogP contribution in [-0.2, 0) is 16.1 Å². The molecule has 5 heteroatoms. The maximum atomic E-state index is 12.4. The minimum Gasteiger partial charge on any atom is -0.368 e. The Morgan fingerprint density at radius 2 is 2.09 bits per heavy atom. The lowest BCUT2D eigenvalue weighted by Gasteiger charge is -2.20. The van der Waals surface area contributed by atoms with Crippen LogP contribution in [0.3, 0.4) is 0 Å². The van der Waals surface area contributed by atoms with Crippen LogP contribution in [0.4, 0.5) is 0 Å². The van der Waals surface area contributed by atoms with Crippen LogP contribution in [0.15, 0.2) is 30.3 Å². The highest BCUT2D eigenvalue weighted by molar-refractivity contribution is 5.80. The van der Waals surface area contributed by atoms with Crippen LogP contribution in [0, 0.1) is 13.8 Å². The molecule has 1 aromatic carbocycles. The fraction of sp³-hybridized carbons (Fsp3) is 0.444. The number of aryl methyl sites for hydroxylation is 1. The van der Waals surface area contributed by atoms with Crippen LogP contribution in [0.25, 0.3) is 5.69 Å². The van der Waals surface area contributed by atoms with Gasteiger partial charge in [-0.05, 0) is 38.8 Å². The number of rotatable bonds is 4. The molecule has 0 aliphatic carbocycles. The lowest BCUT2D eigenvalue weighted by Crippen LogP contribution is -2.35. The average molecular weight is 313 g/mol. The van der Waals surface area contributed by atoms with Crippen LogP contribution in [0.1, 0.15) is 29.8 Å². The minimum atomic E-state index is -0.273. The van der Waals surface area contributed by atoms with E-state index in [9.17, 15) is 4.79 Å². The Balaban J connectivity index is 1.80. The number of para-hydroxylation sites is 1. The van der Waals surface area contributed by atoms with Crippen molar-refractivity contribution < 1.29 is 9.53 Å². The molecule has 0 saturated carbocycles. The molecule has 1 amide bonds. The Morgan fingerprint density at radius 3 is 2.74 bits per heavy atom. The molecule has 1 aliphatic heterocycles. The first-order chi connectivity index (χ1) is 11.1. The topological polar surface area (TPSA) is 47.4 Å². The SMILES string of the molecule is Cc1nn(-c2ccccc2)c(C)c1CN(C)C(=O)C1CCCO1. The predicted molar refractivity (Wildman–Crippen MR) is 88.5 cm³/mol. The number of aromatic nitrogens is 2. The van der Waals surface area contributed by atoms with Gasteiger partial charge >= 0.3 is 0 Å². The first kappa shape index (κ1) is 15.7.